The Balaban J connectivity index is 2.85. The SMILES string of the molecule is C=CC1(O)CCCCC1/C(C)=C\C. The molecular weight excluding hydrogens is 160 g/mol. The van der Waals surface area contributed by atoms with Crippen molar-refractivity contribution in [3.8, 4) is 0 Å². The van der Waals surface area contributed by atoms with Gasteiger partial charge in [0.25, 0.3) is 0 Å². The third kappa shape index (κ3) is 2.02. The second kappa shape index (κ2) is 4.10. The standard InChI is InChI=1S/C12H20O/c1-4-10(3)11-8-6-7-9-12(11,13)5-2/h4-5,11,13H,2,6-9H2,1,3H3/b10-4-. The van der Waals surface area contributed by atoms with Gasteiger partial charge in [-0.15, -0.1) is 6.58 Å². The summed E-state index contributed by atoms with van der Waals surface area (Å²) in [5, 5.41) is 10.3. The van der Waals surface area contributed by atoms with E-state index in [0.29, 0.717) is 5.92 Å². The largest absolute Gasteiger partial charge is 0.385 e. The molecule has 0 aromatic carbocycles. The van der Waals surface area contributed by atoms with Crippen LogP contribution in [0.3, 0.4) is 0 Å². The molecule has 0 bridgehead atoms. The summed E-state index contributed by atoms with van der Waals surface area (Å²) in [5.41, 5.74) is 0.650. The molecule has 0 saturated heterocycles. The van der Waals surface area contributed by atoms with Gasteiger partial charge >= 0.3 is 0 Å². The van der Waals surface area contributed by atoms with E-state index in [4.69, 9.17) is 0 Å². The summed E-state index contributed by atoms with van der Waals surface area (Å²) in [6.07, 6.45) is 8.14. The molecule has 74 valence electrons. The highest BCUT2D eigenvalue weighted by molar-refractivity contribution is 5.15. The summed E-state index contributed by atoms with van der Waals surface area (Å²) in [7, 11) is 0. The number of hydrogen-bond donors (Lipinski definition) is 1. The van der Waals surface area contributed by atoms with E-state index < -0.39 is 5.60 Å². The Hall–Kier alpha value is -0.560. The average molecular weight is 180 g/mol. The van der Waals surface area contributed by atoms with E-state index in [0.717, 1.165) is 19.3 Å². The van der Waals surface area contributed by atoms with Crippen molar-refractivity contribution in [2.24, 2.45) is 5.92 Å². The van der Waals surface area contributed by atoms with Gasteiger partial charge in [0.1, 0.15) is 0 Å². The first-order valence-corrected chi connectivity index (χ1v) is 5.13. The van der Waals surface area contributed by atoms with E-state index in [1.54, 1.807) is 6.08 Å². The van der Waals surface area contributed by atoms with Gasteiger partial charge in [-0.2, -0.15) is 0 Å². The Morgan fingerprint density at radius 2 is 2.23 bits per heavy atom. The minimum atomic E-state index is -0.644. The summed E-state index contributed by atoms with van der Waals surface area (Å²) < 4.78 is 0. The van der Waals surface area contributed by atoms with Gasteiger partial charge in [-0.3, -0.25) is 0 Å². The number of rotatable bonds is 2. The molecule has 0 aromatic heterocycles. The summed E-state index contributed by atoms with van der Waals surface area (Å²) >= 11 is 0. The van der Waals surface area contributed by atoms with Crippen molar-refractivity contribution in [1.29, 1.82) is 0 Å². The zero-order chi connectivity index (χ0) is 9.90. The molecule has 2 unspecified atom stereocenters. The van der Waals surface area contributed by atoms with Crippen LogP contribution in [0.1, 0.15) is 39.5 Å². The summed E-state index contributed by atoms with van der Waals surface area (Å²) in [6.45, 7) is 7.88. The van der Waals surface area contributed by atoms with E-state index in [2.05, 4.69) is 19.6 Å². The second-order valence-electron chi connectivity index (χ2n) is 4.03. The van der Waals surface area contributed by atoms with E-state index in [1.165, 1.54) is 12.0 Å². The number of allylic oxidation sites excluding steroid dienone is 1. The summed E-state index contributed by atoms with van der Waals surface area (Å²) in [6, 6.07) is 0. The molecule has 0 aromatic rings. The Morgan fingerprint density at radius 1 is 1.54 bits per heavy atom. The Labute approximate surface area is 81.2 Å². The third-order valence-corrected chi connectivity index (χ3v) is 3.28. The van der Waals surface area contributed by atoms with Crippen LogP contribution in [0.15, 0.2) is 24.3 Å². The molecule has 1 N–H and O–H groups in total. The molecule has 1 nitrogen and oxygen atoms in total. The molecule has 0 heterocycles. The first-order chi connectivity index (χ1) is 6.14. The average Bonchev–Trinajstić information content (AvgIpc) is 2.17. The fourth-order valence-corrected chi connectivity index (χ4v) is 2.25. The van der Waals surface area contributed by atoms with Crippen LogP contribution in [0.2, 0.25) is 0 Å². The highest BCUT2D eigenvalue weighted by Gasteiger charge is 2.36. The van der Waals surface area contributed by atoms with Crippen molar-refractivity contribution in [2.75, 3.05) is 0 Å². The van der Waals surface area contributed by atoms with E-state index in [-0.39, 0.29) is 0 Å². The molecule has 0 radical (unpaired) electrons. The van der Waals surface area contributed by atoms with Gasteiger partial charge in [0, 0.05) is 5.92 Å². The molecule has 13 heavy (non-hydrogen) atoms. The number of hydrogen-bond acceptors (Lipinski definition) is 1. The minimum Gasteiger partial charge on any atom is -0.385 e. The number of aliphatic hydroxyl groups is 1. The van der Waals surface area contributed by atoms with Crippen LogP contribution < -0.4 is 0 Å². The van der Waals surface area contributed by atoms with Crippen molar-refractivity contribution in [2.45, 2.75) is 45.1 Å². The molecule has 2 atom stereocenters. The molecule has 1 saturated carbocycles. The normalized spacial score (nSPS) is 35.9. The maximum absolute atomic E-state index is 10.3. The van der Waals surface area contributed by atoms with Crippen molar-refractivity contribution in [1.82, 2.24) is 0 Å². The maximum Gasteiger partial charge on any atom is 0.0889 e. The molecule has 1 fully saturated rings. The lowest BCUT2D eigenvalue weighted by Gasteiger charge is -2.38. The van der Waals surface area contributed by atoms with E-state index in [9.17, 15) is 5.11 Å². The zero-order valence-electron chi connectivity index (χ0n) is 8.71. The van der Waals surface area contributed by atoms with E-state index >= 15 is 0 Å². The predicted molar refractivity (Wildman–Crippen MR) is 56.5 cm³/mol. The lowest BCUT2D eigenvalue weighted by atomic mass is 9.72. The Morgan fingerprint density at radius 3 is 2.77 bits per heavy atom. The van der Waals surface area contributed by atoms with Crippen LogP contribution in [0.25, 0.3) is 0 Å². The van der Waals surface area contributed by atoms with Crippen LogP contribution in [-0.2, 0) is 0 Å². The predicted octanol–water partition coefficient (Wildman–Crippen LogP) is 3.06. The first-order valence-electron chi connectivity index (χ1n) is 5.13. The quantitative estimate of drug-likeness (QED) is 0.647. The van der Waals surface area contributed by atoms with Gasteiger partial charge in [0.15, 0.2) is 0 Å². The third-order valence-electron chi connectivity index (χ3n) is 3.28. The first kappa shape index (κ1) is 10.5. The molecule has 1 aliphatic carbocycles. The monoisotopic (exact) mass is 180 g/mol. The van der Waals surface area contributed by atoms with Gasteiger partial charge in [0.05, 0.1) is 5.60 Å². The lowest BCUT2D eigenvalue weighted by Crippen LogP contribution is -2.39. The Bertz CT molecular complexity index is 217. The van der Waals surface area contributed by atoms with E-state index in [1.807, 2.05) is 6.92 Å². The molecule has 0 amide bonds. The topological polar surface area (TPSA) is 20.2 Å². The van der Waals surface area contributed by atoms with Crippen molar-refractivity contribution < 1.29 is 5.11 Å². The summed E-state index contributed by atoms with van der Waals surface area (Å²) in [4.78, 5) is 0. The van der Waals surface area contributed by atoms with Crippen LogP contribution in [0.4, 0.5) is 0 Å². The van der Waals surface area contributed by atoms with Crippen molar-refractivity contribution in [3.63, 3.8) is 0 Å². The fraction of sp³-hybridized carbons (Fsp3) is 0.667. The maximum atomic E-state index is 10.3. The minimum absolute atomic E-state index is 0.295. The molecule has 1 rings (SSSR count). The molecule has 0 spiro atoms. The van der Waals surface area contributed by atoms with Crippen molar-refractivity contribution >= 4 is 0 Å². The second-order valence-corrected chi connectivity index (χ2v) is 4.03. The van der Waals surface area contributed by atoms with Crippen LogP contribution in [-0.4, -0.2) is 10.7 Å². The summed E-state index contributed by atoms with van der Waals surface area (Å²) in [5.74, 6) is 0.295. The highest BCUT2D eigenvalue weighted by atomic mass is 16.3. The van der Waals surface area contributed by atoms with Gasteiger partial charge in [-0.1, -0.05) is 30.6 Å². The van der Waals surface area contributed by atoms with Crippen LogP contribution >= 0.6 is 0 Å². The smallest absolute Gasteiger partial charge is 0.0889 e. The zero-order valence-corrected chi connectivity index (χ0v) is 8.71. The molecule has 0 aliphatic heterocycles. The Kier molecular flexibility index (Phi) is 3.32. The van der Waals surface area contributed by atoms with Gasteiger partial charge in [-0.05, 0) is 26.7 Å². The van der Waals surface area contributed by atoms with Crippen LogP contribution in [0.5, 0.6) is 0 Å². The van der Waals surface area contributed by atoms with Crippen LogP contribution in [0, 0.1) is 5.92 Å². The molecular formula is C12H20O. The lowest BCUT2D eigenvalue weighted by molar-refractivity contribution is 0.0113. The van der Waals surface area contributed by atoms with Gasteiger partial charge in [0.2, 0.25) is 0 Å². The fourth-order valence-electron chi connectivity index (χ4n) is 2.25. The molecule has 1 heteroatoms. The van der Waals surface area contributed by atoms with Gasteiger partial charge < -0.3 is 5.11 Å². The van der Waals surface area contributed by atoms with Crippen molar-refractivity contribution in [3.05, 3.63) is 24.3 Å². The highest BCUT2D eigenvalue weighted by Crippen LogP contribution is 2.38. The van der Waals surface area contributed by atoms with Gasteiger partial charge in [-0.25, -0.2) is 0 Å². The molecule has 1 aliphatic rings.